The lowest BCUT2D eigenvalue weighted by molar-refractivity contribution is -0.122. The summed E-state index contributed by atoms with van der Waals surface area (Å²) in [4.78, 5) is 15.2. The van der Waals surface area contributed by atoms with Crippen LogP contribution in [-0.2, 0) is 17.8 Å². The van der Waals surface area contributed by atoms with Crippen molar-refractivity contribution in [2.24, 2.45) is 0 Å². The molecule has 0 aromatic heterocycles. The minimum Gasteiger partial charge on any atom is -0.497 e. The molecule has 1 amide bonds. The van der Waals surface area contributed by atoms with Crippen molar-refractivity contribution in [1.29, 1.82) is 0 Å². The predicted molar refractivity (Wildman–Crippen MR) is 142 cm³/mol. The number of benzene rings is 3. The lowest BCUT2D eigenvalue weighted by Crippen LogP contribution is -2.44. The first-order valence-electron chi connectivity index (χ1n) is 12.7. The lowest BCUT2D eigenvalue weighted by atomic mass is 10.0. The first kappa shape index (κ1) is 25.6. The van der Waals surface area contributed by atoms with Crippen molar-refractivity contribution in [3.05, 3.63) is 90.0 Å². The van der Waals surface area contributed by atoms with Gasteiger partial charge in [-0.2, -0.15) is 0 Å². The molecule has 1 saturated heterocycles. The Bertz CT molecular complexity index is 1050. The lowest BCUT2D eigenvalue weighted by Gasteiger charge is -2.25. The predicted octanol–water partition coefficient (Wildman–Crippen LogP) is 4.87. The molecule has 1 aliphatic heterocycles. The monoisotopic (exact) mass is 488 g/mol. The number of methoxy groups -OCH3 is 1. The van der Waals surface area contributed by atoms with Crippen LogP contribution >= 0.6 is 0 Å². The zero-order valence-corrected chi connectivity index (χ0v) is 21.0. The highest BCUT2D eigenvalue weighted by atomic mass is 16.5. The highest BCUT2D eigenvalue weighted by Gasteiger charge is 2.20. The average molecular weight is 489 g/mol. The van der Waals surface area contributed by atoms with Gasteiger partial charge in [0.2, 0.25) is 5.91 Å². The summed E-state index contributed by atoms with van der Waals surface area (Å²) in [7, 11) is 1.63. The molecule has 3 aromatic carbocycles. The van der Waals surface area contributed by atoms with E-state index < -0.39 is 0 Å². The Labute approximate surface area is 214 Å². The number of hydrogen-bond donors (Lipinski definition) is 1. The van der Waals surface area contributed by atoms with Gasteiger partial charge in [0.05, 0.1) is 20.1 Å². The number of likely N-dealkylation sites (tertiary alicyclic amines) is 1. The van der Waals surface area contributed by atoms with Gasteiger partial charge >= 0.3 is 0 Å². The number of amides is 1. The highest BCUT2D eigenvalue weighted by Crippen LogP contribution is 2.18. The molecule has 0 unspecified atom stereocenters. The maximum absolute atomic E-state index is 12.7. The molecule has 0 aliphatic carbocycles. The molecule has 6 heteroatoms. The Hall–Kier alpha value is -3.51. The largest absolute Gasteiger partial charge is 0.497 e. The van der Waals surface area contributed by atoms with Crippen LogP contribution in [0.1, 0.15) is 30.4 Å². The summed E-state index contributed by atoms with van der Waals surface area (Å²) in [5.41, 5.74) is 2.33. The van der Waals surface area contributed by atoms with E-state index in [0.717, 1.165) is 48.9 Å². The van der Waals surface area contributed by atoms with E-state index in [1.807, 2.05) is 54.6 Å². The second-order valence-electron chi connectivity index (χ2n) is 9.17. The minimum atomic E-state index is 0.00974. The van der Waals surface area contributed by atoms with Crippen LogP contribution in [0.3, 0.4) is 0 Å². The number of nitrogens with zero attached hydrogens (tertiary/aromatic N) is 1. The number of carbonyl (C=O) groups excluding carboxylic acids is 1. The van der Waals surface area contributed by atoms with Crippen molar-refractivity contribution in [1.82, 2.24) is 10.2 Å². The summed E-state index contributed by atoms with van der Waals surface area (Å²) in [6.07, 6.45) is 3.54. The van der Waals surface area contributed by atoms with E-state index in [1.54, 1.807) is 7.11 Å². The molecule has 0 spiro atoms. The summed E-state index contributed by atoms with van der Waals surface area (Å²) >= 11 is 0. The maximum atomic E-state index is 12.7. The summed E-state index contributed by atoms with van der Waals surface area (Å²) in [5.74, 6) is 2.36. The van der Waals surface area contributed by atoms with E-state index in [0.29, 0.717) is 19.6 Å². The fraction of sp³-hybridized carbons (Fsp3) is 0.367. The quantitative estimate of drug-likeness (QED) is 0.372. The first-order chi connectivity index (χ1) is 17.7. The van der Waals surface area contributed by atoms with E-state index in [9.17, 15) is 4.79 Å². The van der Waals surface area contributed by atoms with Gasteiger partial charge < -0.3 is 24.4 Å². The van der Waals surface area contributed by atoms with Crippen LogP contribution in [0.25, 0.3) is 0 Å². The van der Waals surface area contributed by atoms with Crippen molar-refractivity contribution in [3.8, 4) is 17.2 Å². The molecule has 3 aromatic rings. The fourth-order valence-electron chi connectivity index (χ4n) is 4.42. The molecule has 36 heavy (non-hydrogen) atoms. The molecule has 0 radical (unpaired) electrons. The number of nitrogens with one attached hydrogen (secondary N) is 1. The van der Waals surface area contributed by atoms with E-state index in [2.05, 4.69) is 34.5 Å². The highest BCUT2D eigenvalue weighted by molar-refractivity contribution is 5.76. The molecule has 6 nitrogen and oxygen atoms in total. The molecule has 4 rings (SSSR count). The normalized spacial score (nSPS) is 14.2. The zero-order valence-electron chi connectivity index (χ0n) is 21.0. The smallest absolute Gasteiger partial charge is 0.223 e. The molecule has 1 N–H and O–H groups in total. The third kappa shape index (κ3) is 8.31. The van der Waals surface area contributed by atoms with Crippen molar-refractivity contribution in [2.75, 3.05) is 33.4 Å². The Kier molecular flexibility index (Phi) is 9.62. The van der Waals surface area contributed by atoms with E-state index >= 15 is 0 Å². The van der Waals surface area contributed by atoms with Crippen LogP contribution in [-0.4, -0.2) is 50.2 Å². The molecule has 0 saturated carbocycles. The third-order valence-corrected chi connectivity index (χ3v) is 6.35. The molecule has 190 valence electrons. The Morgan fingerprint density at radius 3 is 2.17 bits per heavy atom. The van der Waals surface area contributed by atoms with Crippen LogP contribution < -0.4 is 19.5 Å². The van der Waals surface area contributed by atoms with Crippen molar-refractivity contribution in [2.45, 2.75) is 38.3 Å². The Balaban J connectivity index is 1.27. The molecule has 1 heterocycles. The third-order valence-electron chi connectivity index (χ3n) is 6.35. The standard InChI is InChI=1S/C30H36N2O4/c1-34-27-13-15-28(16-14-27)35-20-17-30(33)31-26(22-32-18-5-6-19-32)21-24-9-11-29(12-10-24)36-23-25-7-3-2-4-8-25/h2-4,7-16,26H,5-6,17-23H2,1H3,(H,31,33)/t26-/m0/s1. The van der Waals surface area contributed by atoms with Gasteiger partial charge in [-0.15, -0.1) is 0 Å². The molecule has 1 aliphatic rings. The van der Waals surface area contributed by atoms with E-state index in [-0.39, 0.29) is 11.9 Å². The number of ether oxygens (including phenoxy) is 3. The van der Waals surface area contributed by atoms with Gasteiger partial charge in [-0.1, -0.05) is 42.5 Å². The summed E-state index contributed by atoms with van der Waals surface area (Å²) < 4.78 is 16.8. The number of carbonyl (C=O) groups is 1. The molecule has 0 bridgehead atoms. The van der Waals surface area contributed by atoms with Gasteiger partial charge in [0, 0.05) is 12.6 Å². The first-order valence-corrected chi connectivity index (χ1v) is 12.7. The van der Waals surface area contributed by atoms with Gasteiger partial charge in [-0.05, 0) is 79.9 Å². The average Bonchev–Trinajstić information content (AvgIpc) is 3.42. The van der Waals surface area contributed by atoms with Crippen molar-refractivity contribution < 1.29 is 19.0 Å². The second-order valence-corrected chi connectivity index (χ2v) is 9.17. The minimum absolute atomic E-state index is 0.00974. The van der Waals surface area contributed by atoms with Crippen LogP contribution in [0.4, 0.5) is 0 Å². The van der Waals surface area contributed by atoms with Gasteiger partial charge in [0.15, 0.2) is 0 Å². The maximum Gasteiger partial charge on any atom is 0.223 e. The number of hydrogen-bond acceptors (Lipinski definition) is 5. The van der Waals surface area contributed by atoms with E-state index in [1.165, 1.54) is 18.4 Å². The molecular formula is C30H36N2O4. The zero-order chi connectivity index (χ0) is 25.0. The van der Waals surface area contributed by atoms with Crippen LogP contribution in [0.15, 0.2) is 78.9 Å². The van der Waals surface area contributed by atoms with E-state index in [4.69, 9.17) is 14.2 Å². The SMILES string of the molecule is COc1ccc(OCCC(=O)N[C@@H](Cc2ccc(OCc3ccccc3)cc2)CN2CCCC2)cc1. The second kappa shape index (κ2) is 13.5. The van der Waals surface area contributed by atoms with Gasteiger partial charge in [-0.25, -0.2) is 0 Å². The topological polar surface area (TPSA) is 60.0 Å². The van der Waals surface area contributed by atoms with Crippen LogP contribution in [0.2, 0.25) is 0 Å². The van der Waals surface area contributed by atoms with Crippen LogP contribution in [0, 0.1) is 0 Å². The molecule has 1 atom stereocenters. The van der Waals surface area contributed by atoms with Gasteiger partial charge in [0.25, 0.3) is 0 Å². The fourth-order valence-corrected chi connectivity index (χ4v) is 4.42. The number of rotatable bonds is 13. The van der Waals surface area contributed by atoms with Crippen LogP contribution in [0.5, 0.6) is 17.2 Å². The van der Waals surface area contributed by atoms with Crippen molar-refractivity contribution in [3.63, 3.8) is 0 Å². The molecular weight excluding hydrogens is 452 g/mol. The van der Waals surface area contributed by atoms with Gasteiger partial charge in [0.1, 0.15) is 23.9 Å². The van der Waals surface area contributed by atoms with Gasteiger partial charge in [-0.3, -0.25) is 4.79 Å². The van der Waals surface area contributed by atoms with Crippen molar-refractivity contribution >= 4 is 5.91 Å². The summed E-state index contributed by atoms with van der Waals surface area (Å²) in [6.45, 7) is 3.93. The summed E-state index contributed by atoms with van der Waals surface area (Å²) in [5, 5.41) is 3.25. The Morgan fingerprint density at radius 2 is 1.47 bits per heavy atom. The molecule has 1 fully saturated rings. The Morgan fingerprint density at radius 1 is 0.833 bits per heavy atom. The summed E-state index contributed by atoms with van der Waals surface area (Å²) in [6, 6.07) is 25.8.